The number of rotatable bonds is 7. The number of benzene rings is 2. The molecule has 0 aromatic heterocycles. The van der Waals surface area contributed by atoms with E-state index in [2.05, 4.69) is 5.43 Å². The average Bonchev–Trinajstić information content (AvgIpc) is 2.73. The molecule has 1 N–H and O–H groups in total. The smallest absolute Gasteiger partial charge is 0.426 e. The minimum absolute atomic E-state index is 0.0964. The van der Waals surface area contributed by atoms with E-state index in [1.807, 2.05) is 55.5 Å². The highest BCUT2D eigenvalue weighted by atomic mass is 16.7. The van der Waals surface area contributed by atoms with Crippen molar-refractivity contribution in [3.05, 3.63) is 65.7 Å². The minimum atomic E-state index is -0.696. The number of hydrogen-bond donors (Lipinski definition) is 1. The molecule has 28 heavy (non-hydrogen) atoms. The van der Waals surface area contributed by atoms with Gasteiger partial charge in [-0.15, -0.1) is 0 Å². The summed E-state index contributed by atoms with van der Waals surface area (Å²) in [6.07, 6.45) is -0.541. The van der Waals surface area contributed by atoms with E-state index in [-0.39, 0.29) is 25.4 Å². The Hall–Kier alpha value is -2.90. The summed E-state index contributed by atoms with van der Waals surface area (Å²) in [5.41, 5.74) is 5.02. The van der Waals surface area contributed by atoms with E-state index < -0.39 is 12.0 Å². The Kier molecular flexibility index (Phi) is 6.62. The molecule has 1 unspecified atom stereocenters. The lowest BCUT2D eigenvalue weighted by Gasteiger charge is -2.35. The summed E-state index contributed by atoms with van der Waals surface area (Å²) in [4.78, 5) is 25.3. The number of nitrogens with zero attached hydrogens (tertiary/aromatic N) is 1. The van der Waals surface area contributed by atoms with Crippen LogP contribution in [-0.2, 0) is 32.0 Å². The summed E-state index contributed by atoms with van der Waals surface area (Å²) in [7, 11) is 1.53. The average molecular weight is 384 g/mol. The summed E-state index contributed by atoms with van der Waals surface area (Å²) < 4.78 is 15.8. The van der Waals surface area contributed by atoms with E-state index in [0.29, 0.717) is 12.1 Å². The fourth-order valence-corrected chi connectivity index (χ4v) is 3.13. The molecule has 1 aliphatic heterocycles. The number of amides is 2. The van der Waals surface area contributed by atoms with Gasteiger partial charge in [-0.05, 0) is 30.5 Å². The van der Waals surface area contributed by atoms with Gasteiger partial charge in [0.2, 0.25) is 0 Å². The van der Waals surface area contributed by atoms with E-state index in [1.165, 1.54) is 12.1 Å². The maximum absolute atomic E-state index is 13.0. The molecule has 148 valence electrons. The lowest BCUT2D eigenvalue weighted by molar-refractivity contribution is -0.134. The molecule has 0 bridgehead atoms. The number of nitrogens with one attached hydrogen (secondary N) is 1. The zero-order valence-electron chi connectivity index (χ0n) is 16.0. The predicted octanol–water partition coefficient (Wildman–Crippen LogP) is 3.04. The van der Waals surface area contributed by atoms with Gasteiger partial charge in [0.1, 0.15) is 13.4 Å². The van der Waals surface area contributed by atoms with Crippen molar-refractivity contribution in [3.63, 3.8) is 0 Å². The van der Waals surface area contributed by atoms with Crippen LogP contribution in [0.3, 0.4) is 0 Å². The van der Waals surface area contributed by atoms with Crippen LogP contribution in [0.5, 0.6) is 0 Å². The van der Waals surface area contributed by atoms with Crippen LogP contribution in [0.2, 0.25) is 0 Å². The first-order valence-corrected chi connectivity index (χ1v) is 9.10. The predicted molar refractivity (Wildman–Crippen MR) is 103 cm³/mol. The second-order valence-corrected chi connectivity index (χ2v) is 6.56. The fourth-order valence-electron chi connectivity index (χ4n) is 3.13. The van der Waals surface area contributed by atoms with Gasteiger partial charge < -0.3 is 14.2 Å². The standard InChI is InChI=1S/C21H24N2O5/c1-15(28-14-26-2)18-12-17-10-6-7-11-19(17)23(20(18)24)22-21(25)27-13-16-8-4-3-5-9-16/h3-11,15,18H,12-14H2,1-2H3,(H,22,25)/t15?,18-/m0/s1. The van der Waals surface area contributed by atoms with Crippen molar-refractivity contribution < 1.29 is 23.8 Å². The van der Waals surface area contributed by atoms with Crippen LogP contribution in [0.4, 0.5) is 10.5 Å². The van der Waals surface area contributed by atoms with Crippen molar-refractivity contribution in [1.82, 2.24) is 5.43 Å². The lowest BCUT2D eigenvalue weighted by Crippen LogP contribution is -2.54. The monoisotopic (exact) mass is 384 g/mol. The van der Waals surface area contributed by atoms with Gasteiger partial charge in [-0.1, -0.05) is 48.5 Å². The Morgan fingerprint density at radius 1 is 1.18 bits per heavy atom. The highest BCUT2D eigenvalue weighted by Crippen LogP contribution is 2.31. The topological polar surface area (TPSA) is 77.1 Å². The Morgan fingerprint density at radius 2 is 1.89 bits per heavy atom. The van der Waals surface area contributed by atoms with Crippen LogP contribution in [0.15, 0.2) is 54.6 Å². The highest BCUT2D eigenvalue weighted by molar-refractivity contribution is 5.99. The number of anilines is 1. The maximum atomic E-state index is 13.0. The Bertz CT molecular complexity index is 811. The van der Waals surface area contributed by atoms with Gasteiger partial charge >= 0.3 is 6.09 Å². The summed E-state index contributed by atoms with van der Waals surface area (Å²) in [6.45, 7) is 2.04. The summed E-state index contributed by atoms with van der Waals surface area (Å²) in [6, 6.07) is 16.8. The van der Waals surface area contributed by atoms with Crippen molar-refractivity contribution in [2.45, 2.75) is 26.1 Å². The number of para-hydroxylation sites is 1. The van der Waals surface area contributed by atoms with Crippen LogP contribution in [-0.4, -0.2) is 32.0 Å². The first-order valence-electron chi connectivity index (χ1n) is 9.10. The number of methoxy groups -OCH3 is 1. The molecule has 1 aliphatic rings. The normalized spacial score (nSPS) is 17.0. The number of carbonyl (C=O) groups excluding carboxylic acids is 2. The molecule has 3 rings (SSSR count). The van der Waals surface area contributed by atoms with E-state index in [1.54, 1.807) is 6.07 Å². The molecule has 0 saturated heterocycles. The molecule has 0 spiro atoms. The molecule has 0 fully saturated rings. The highest BCUT2D eigenvalue weighted by Gasteiger charge is 2.37. The molecular formula is C21H24N2O5. The molecule has 2 atom stereocenters. The Morgan fingerprint density at radius 3 is 2.64 bits per heavy atom. The Balaban J connectivity index is 1.72. The molecule has 7 nitrogen and oxygen atoms in total. The van der Waals surface area contributed by atoms with Crippen LogP contribution >= 0.6 is 0 Å². The molecule has 0 aliphatic carbocycles. The zero-order chi connectivity index (χ0) is 19.9. The number of fused-ring (bicyclic) bond motifs is 1. The third-order valence-corrected chi connectivity index (χ3v) is 4.64. The summed E-state index contributed by atoms with van der Waals surface area (Å²) in [5.74, 6) is -0.696. The third kappa shape index (κ3) is 4.68. The van der Waals surface area contributed by atoms with Crippen LogP contribution < -0.4 is 10.4 Å². The molecule has 0 radical (unpaired) electrons. The van der Waals surface area contributed by atoms with Gasteiger partial charge in [0, 0.05) is 7.11 Å². The number of hydrogen-bond acceptors (Lipinski definition) is 5. The molecule has 2 amide bonds. The number of hydrazine groups is 1. The minimum Gasteiger partial charge on any atom is -0.443 e. The molecule has 1 heterocycles. The van der Waals surface area contributed by atoms with E-state index >= 15 is 0 Å². The van der Waals surface area contributed by atoms with Gasteiger partial charge in [-0.3, -0.25) is 4.79 Å². The van der Waals surface area contributed by atoms with Crippen LogP contribution in [0.1, 0.15) is 18.1 Å². The van der Waals surface area contributed by atoms with Crippen molar-refractivity contribution >= 4 is 17.7 Å². The van der Waals surface area contributed by atoms with Gasteiger partial charge in [0.05, 0.1) is 17.7 Å². The second-order valence-electron chi connectivity index (χ2n) is 6.56. The van der Waals surface area contributed by atoms with Crippen LogP contribution in [0, 0.1) is 5.92 Å². The molecule has 2 aromatic carbocycles. The Labute approximate surface area is 164 Å². The lowest BCUT2D eigenvalue weighted by atomic mass is 9.89. The first kappa shape index (κ1) is 19.9. The number of carbonyl (C=O) groups is 2. The van der Waals surface area contributed by atoms with Crippen LogP contribution in [0.25, 0.3) is 0 Å². The molecule has 7 heteroatoms. The van der Waals surface area contributed by atoms with Gasteiger partial charge in [0.25, 0.3) is 5.91 Å². The largest absolute Gasteiger partial charge is 0.443 e. The molecule has 2 aromatic rings. The number of ether oxygens (including phenoxy) is 3. The second kappa shape index (κ2) is 9.34. The van der Waals surface area contributed by atoms with E-state index in [0.717, 1.165) is 11.1 Å². The first-order chi connectivity index (χ1) is 13.6. The molecule has 0 saturated carbocycles. The van der Waals surface area contributed by atoms with Crippen molar-refractivity contribution in [2.24, 2.45) is 5.92 Å². The maximum Gasteiger partial charge on any atom is 0.426 e. The van der Waals surface area contributed by atoms with Gasteiger partial charge in [-0.2, -0.15) is 0 Å². The quantitative estimate of drug-likeness (QED) is 0.743. The summed E-state index contributed by atoms with van der Waals surface area (Å²) >= 11 is 0. The third-order valence-electron chi connectivity index (χ3n) is 4.64. The molecular weight excluding hydrogens is 360 g/mol. The zero-order valence-corrected chi connectivity index (χ0v) is 16.0. The van der Waals surface area contributed by atoms with Gasteiger partial charge in [0.15, 0.2) is 0 Å². The fraction of sp³-hybridized carbons (Fsp3) is 0.333. The van der Waals surface area contributed by atoms with Gasteiger partial charge in [-0.25, -0.2) is 15.2 Å². The van der Waals surface area contributed by atoms with Crippen molar-refractivity contribution in [1.29, 1.82) is 0 Å². The van der Waals surface area contributed by atoms with Crippen molar-refractivity contribution in [3.8, 4) is 0 Å². The van der Waals surface area contributed by atoms with E-state index in [9.17, 15) is 9.59 Å². The van der Waals surface area contributed by atoms with E-state index in [4.69, 9.17) is 14.2 Å². The SMILES string of the molecule is COCOC(C)[C@@H]1Cc2ccccc2N(NC(=O)OCc2ccccc2)C1=O. The summed E-state index contributed by atoms with van der Waals surface area (Å²) in [5, 5.41) is 1.25. The van der Waals surface area contributed by atoms with Crippen molar-refractivity contribution in [2.75, 3.05) is 18.9 Å².